The number of benzene rings is 1. The van der Waals surface area contributed by atoms with E-state index in [4.69, 9.17) is 0 Å². The molecule has 2 N–H and O–H groups in total. The van der Waals surface area contributed by atoms with Crippen molar-refractivity contribution in [2.45, 2.75) is 17.9 Å². The molecule has 1 aromatic rings. The van der Waals surface area contributed by atoms with Crippen LogP contribution in [0, 0.1) is 11.6 Å². The zero-order chi connectivity index (χ0) is 19.2. The Hall–Kier alpha value is -2.60. The second-order valence-corrected chi connectivity index (χ2v) is 6.19. The van der Waals surface area contributed by atoms with Crippen LogP contribution in [0.4, 0.5) is 13.6 Å². The van der Waals surface area contributed by atoms with Gasteiger partial charge in [0.25, 0.3) is 5.91 Å². The molecule has 138 valence electrons. The monoisotopic (exact) mass is 380 g/mol. The molecule has 0 spiro atoms. The van der Waals surface area contributed by atoms with E-state index in [0.717, 1.165) is 32.2 Å². The van der Waals surface area contributed by atoms with E-state index in [-0.39, 0.29) is 0 Å². The van der Waals surface area contributed by atoms with E-state index in [9.17, 15) is 31.6 Å². The summed E-state index contributed by atoms with van der Waals surface area (Å²) in [6, 6.07) is 2.43. The molecule has 1 atom stereocenters. The van der Waals surface area contributed by atoms with Gasteiger partial charge in [-0.2, -0.15) is 4.72 Å². The number of methoxy groups -OCH3 is 1. The second kappa shape index (κ2) is 8.48. The molecule has 25 heavy (non-hydrogen) atoms. The van der Waals surface area contributed by atoms with Gasteiger partial charge in [0.1, 0.15) is 18.2 Å². The Labute approximate surface area is 141 Å². The number of hydrogen-bond donors (Lipinski definition) is 2. The fraction of sp³-hybridized carbons (Fsp3) is 0.308. The Morgan fingerprint density at radius 3 is 2.28 bits per heavy atom. The van der Waals surface area contributed by atoms with Crippen molar-refractivity contribution in [1.29, 1.82) is 0 Å². The van der Waals surface area contributed by atoms with Crippen molar-refractivity contribution in [2.24, 2.45) is 0 Å². The quantitative estimate of drug-likeness (QED) is 0.668. The summed E-state index contributed by atoms with van der Waals surface area (Å²) in [6.07, 6.45) is -2.52. The summed E-state index contributed by atoms with van der Waals surface area (Å²) in [7, 11) is -3.66. The van der Waals surface area contributed by atoms with E-state index in [1.165, 1.54) is 0 Å². The molecule has 0 aromatic heterocycles. The molecule has 0 saturated carbocycles. The van der Waals surface area contributed by atoms with Gasteiger partial charge in [0.2, 0.25) is 10.0 Å². The molecule has 1 aromatic carbocycles. The van der Waals surface area contributed by atoms with Gasteiger partial charge in [-0.15, -0.1) is 0 Å². The highest BCUT2D eigenvalue weighted by molar-refractivity contribution is 7.89. The van der Waals surface area contributed by atoms with E-state index in [1.54, 1.807) is 10.0 Å². The lowest BCUT2D eigenvalue weighted by Gasteiger charge is -2.13. The summed E-state index contributed by atoms with van der Waals surface area (Å²) < 4.78 is 61.0. The number of esters is 1. The third-order valence-electron chi connectivity index (χ3n) is 2.68. The predicted molar refractivity (Wildman–Crippen MR) is 77.6 cm³/mol. The molecule has 0 radical (unpaired) electrons. The first kappa shape index (κ1) is 20.4. The van der Waals surface area contributed by atoms with Crippen LogP contribution in [0.15, 0.2) is 23.1 Å². The molecule has 0 bridgehead atoms. The van der Waals surface area contributed by atoms with Crippen LogP contribution in [0.1, 0.15) is 6.92 Å². The molecule has 12 heteroatoms. The number of ether oxygens (including phenoxy) is 2. The normalized spacial score (nSPS) is 12.2. The van der Waals surface area contributed by atoms with Gasteiger partial charge in [-0.1, -0.05) is 6.07 Å². The van der Waals surface area contributed by atoms with E-state index in [0.29, 0.717) is 0 Å². The first-order chi connectivity index (χ1) is 11.6. The molecule has 0 fully saturated rings. The number of carbonyl (C=O) groups is 3. The lowest BCUT2D eigenvalue weighted by molar-refractivity contribution is -0.153. The number of nitrogens with one attached hydrogen (secondary N) is 2. The van der Waals surface area contributed by atoms with E-state index < -0.39 is 57.2 Å². The van der Waals surface area contributed by atoms with E-state index >= 15 is 0 Å². The fourth-order valence-electron chi connectivity index (χ4n) is 1.51. The number of alkyl carbamates (subject to hydrolysis) is 1. The minimum Gasteiger partial charge on any atom is -0.453 e. The largest absolute Gasteiger partial charge is 0.453 e. The summed E-state index contributed by atoms with van der Waals surface area (Å²) in [6.45, 7) is 0.118. The number of rotatable bonds is 6. The second-order valence-electron chi connectivity index (χ2n) is 4.49. The van der Waals surface area contributed by atoms with Crippen molar-refractivity contribution in [3.63, 3.8) is 0 Å². The molecule has 0 heterocycles. The maximum atomic E-state index is 13.5. The predicted octanol–water partition coefficient (Wildman–Crippen LogP) is 0.0574. The van der Waals surface area contributed by atoms with Gasteiger partial charge in [0, 0.05) is 0 Å². The van der Waals surface area contributed by atoms with Gasteiger partial charge in [0.15, 0.2) is 11.0 Å². The summed E-state index contributed by atoms with van der Waals surface area (Å²) in [5.74, 6) is -4.91. The van der Waals surface area contributed by atoms with Crippen LogP contribution in [0.25, 0.3) is 0 Å². The zero-order valence-corrected chi connectivity index (χ0v) is 13.9. The Balaban J connectivity index is 2.67. The van der Waals surface area contributed by atoms with Crippen LogP contribution in [0.5, 0.6) is 0 Å². The topological polar surface area (TPSA) is 128 Å². The van der Waals surface area contributed by atoms with Gasteiger partial charge in [-0.05, 0) is 19.1 Å². The van der Waals surface area contributed by atoms with Gasteiger partial charge in [-0.3, -0.25) is 14.9 Å². The highest BCUT2D eigenvalue weighted by Gasteiger charge is 2.26. The third-order valence-corrected chi connectivity index (χ3v) is 4.13. The highest BCUT2D eigenvalue weighted by Crippen LogP contribution is 2.17. The summed E-state index contributed by atoms with van der Waals surface area (Å²) >= 11 is 0. The van der Waals surface area contributed by atoms with Crippen molar-refractivity contribution in [2.75, 3.05) is 13.7 Å². The van der Waals surface area contributed by atoms with Crippen LogP contribution in [0.3, 0.4) is 0 Å². The molecule has 9 nitrogen and oxygen atoms in total. The molecule has 0 saturated heterocycles. The number of sulfonamides is 1. The summed E-state index contributed by atoms with van der Waals surface area (Å²) in [5, 5.41) is 1.73. The van der Waals surface area contributed by atoms with Crippen LogP contribution in [-0.4, -0.2) is 46.1 Å². The molecule has 0 aliphatic rings. The van der Waals surface area contributed by atoms with Gasteiger partial charge >= 0.3 is 12.1 Å². The van der Waals surface area contributed by atoms with E-state index in [2.05, 4.69) is 9.47 Å². The first-order valence-corrected chi connectivity index (χ1v) is 8.08. The van der Waals surface area contributed by atoms with Gasteiger partial charge in [-0.25, -0.2) is 22.0 Å². The maximum absolute atomic E-state index is 13.5. The SMILES string of the molecule is COC(=O)NC(=O)[C@H](C)OC(=O)CNS(=O)(=O)c1c(F)cccc1F. The fourth-order valence-corrected chi connectivity index (χ4v) is 2.61. The van der Waals surface area contributed by atoms with Crippen molar-refractivity contribution >= 4 is 28.0 Å². The van der Waals surface area contributed by atoms with Crippen molar-refractivity contribution in [1.82, 2.24) is 10.0 Å². The molecule has 0 aliphatic carbocycles. The lowest BCUT2D eigenvalue weighted by atomic mass is 10.3. The molecular weight excluding hydrogens is 366 g/mol. The van der Waals surface area contributed by atoms with Crippen LogP contribution in [0.2, 0.25) is 0 Å². The average Bonchev–Trinajstić information content (AvgIpc) is 2.52. The number of imide groups is 1. The van der Waals surface area contributed by atoms with Crippen LogP contribution < -0.4 is 10.0 Å². The highest BCUT2D eigenvalue weighted by atomic mass is 32.2. The zero-order valence-electron chi connectivity index (χ0n) is 13.0. The standard InChI is InChI=1S/C13H14F2N2O7S/c1-7(12(19)17-13(20)23-2)24-10(18)6-16-25(21,22)11-8(14)4-3-5-9(11)15/h3-5,7,16H,6H2,1-2H3,(H,17,19,20)/t7-/m0/s1. The van der Waals surface area contributed by atoms with Gasteiger partial charge in [0.05, 0.1) is 7.11 Å². The Morgan fingerprint density at radius 2 is 1.76 bits per heavy atom. The maximum Gasteiger partial charge on any atom is 0.413 e. The molecule has 2 amide bonds. The minimum atomic E-state index is -4.67. The van der Waals surface area contributed by atoms with Crippen molar-refractivity contribution in [3.8, 4) is 0 Å². The van der Waals surface area contributed by atoms with Crippen LogP contribution >= 0.6 is 0 Å². The molecule has 1 rings (SSSR count). The molecular formula is C13H14F2N2O7S. The molecule has 0 aliphatic heterocycles. The van der Waals surface area contributed by atoms with Crippen LogP contribution in [-0.2, 0) is 29.1 Å². The Morgan fingerprint density at radius 1 is 1.20 bits per heavy atom. The number of carbonyl (C=O) groups excluding carboxylic acids is 3. The summed E-state index contributed by atoms with van der Waals surface area (Å²) in [5.41, 5.74) is 0. The smallest absolute Gasteiger partial charge is 0.413 e. The number of hydrogen-bond acceptors (Lipinski definition) is 7. The Kier molecular flexibility index (Phi) is 6.94. The van der Waals surface area contributed by atoms with Gasteiger partial charge < -0.3 is 9.47 Å². The number of halogens is 2. The van der Waals surface area contributed by atoms with Crippen molar-refractivity contribution in [3.05, 3.63) is 29.8 Å². The minimum absolute atomic E-state index is 0.731. The van der Waals surface area contributed by atoms with E-state index in [1.807, 2.05) is 0 Å². The average molecular weight is 380 g/mol. The number of amides is 2. The first-order valence-electron chi connectivity index (χ1n) is 6.60. The van der Waals surface area contributed by atoms with Crippen molar-refractivity contribution < 1.29 is 41.1 Å². The molecule has 0 unspecified atom stereocenters. The lowest BCUT2D eigenvalue weighted by Crippen LogP contribution is -2.41. The third kappa shape index (κ3) is 5.76. The summed E-state index contributed by atoms with van der Waals surface area (Å²) in [4.78, 5) is 32.5. The Bertz CT molecular complexity index is 762.